The summed E-state index contributed by atoms with van der Waals surface area (Å²) < 4.78 is 16.1. The average Bonchev–Trinajstić information content (AvgIpc) is 3.29. The number of piperidine rings is 1. The average molecular weight is 477 g/mol. The van der Waals surface area contributed by atoms with Crippen LogP contribution >= 0.6 is 0 Å². The van der Waals surface area contributed by atoms with Gasteiger partial charge in [0.1, 0.15) is 35.4 Å². The van der Waals surface area contributed by atoms with Crippen LogP contribution in [0.15, 0.2) is 30.7 Å². The van der Waals surface area contributed by atoms with Crippen molar-refractivity contribution in [1.29, 1.82) is 5.26 Å². The van der Waals surface area contributed by atoms with Gasteiger partial charge in [0.15, 0.2) is 5.82 Å². The van der Waals surface area contributed by atoms with Crippen molar-refractivity contribution in [2.75, 3.05) is 36.9 Å². The van der Waals surface area contributed by atoms with Crippen molar-refractivity contribution in [3.05, 3.63) is 53.5 Å². The number of anilines is 2. The van der Waals surface area contributed by atoms with E-state index in [1.54, 1.807) is 20.0 Å². The van der Waals surface area contributed by atoms with Crippen LogP contribution in [0, 0.1) is 24.1 Å². The molecule has 0 unspecified atom stereocenters. The molecule has 0 aliphatic carbocycles. The van der Waals surface area contributed by atoms with Crippen molar-refractivity contribution >= 4 is 11.6 Å². The van der Waals surface area contributed by atoms with Crippen molar-refractivity contribution in [3.8, 4) is 17.3 Å². The summed E-state index contributed by atoms with van der Waals surface area (Å²) in [6.07, 6.45) is 5.40. The smallest absolute Gasteiger partial charge is 0.152 e. The molecule has 0 saturated carbocycles. The first-order valence-electron chi connectivity index (χ1n) is 12.2. The molecule has 3 aromatic rings. The number of aromatic nitrogens is 4. The number of aryl methyl sites for hydroxylation is 1. The zero-order valence-corrected chi connectivity index (χ0v) is 20.8. The normalized spacial score (nSPS) is 14.4. The van der Waals surface area contributed by atoms with Crippen molar-refractivity contribution < 1.29 is 4.39 Å². The summed E-state index contributed by atoms with van der Waals surface area (Å²) in [6.45, 7) is 9.28. The Bertz CT molecular complexity index is 1200. The van der Waals surface area contributed by atoms with Crippen molar-refractivity contribution in [1.82, 2.24) is 24.8 Å². The van der Waals surface area contributed by atoms with Gasteiger partial charge in [0, 0.05) is 56.9 Å². The molecule has 2 N–H and O–H groups in total. The Kier molecular flexibility index (Phi) is 7.61. The summed E-state index contributed by atoms with van der Waals surface area (Å²) in [6, 6.07) is 7.83. The number of halogens is 1. The third kappa shape index (κ3) is 5.43. The molecule has 35 heavy (non-hydrogen) atoms. The molecule has 0 spiro atoms. The van der Waals surface area contributed by atoms with E-state index in [1.165, 1.54) is 12.4 Å². The Labute approximate surface area is 206 Å². The topological polar surface area (TPSA) is 94.7 Å². The predicted octanol–water partition coefficient (Wildman–Crippen LogP) is 4.08. The van der Waals surface area contributed by atoms with Gasteiger partial charge in [0.25, 0.3) is 0 Å². The zero-order chi connectivity index (χ0) is 24.9. The lowest BCUT2D eigenvalue weighted by Gasteiger charge is -2.33. The van der Waals surface area contributed by atoms with Gasteiger partial charge in [-0.3, -0.25) is 0 Å². The number of hydrogen-bond acceptors (Lipinski definition) is 7. The Morgan fingerprint density at radius 2 is 2.00 bits per heavy atom. The van der Waals surface area contributed by atoms with Crippen LogP contribution in [0.2, 0.25) is 0 Å². The summed E-state index contributed by atoms with van der Waals surface area (Å²) in [7, 11) is 1.76. The molecule has 0 amide bonds. The van der Waals surface area contributed by atoms with Gasteiger partial charge in [-0.1, -0.05) is 13.8 Å². The number of benzene rings is 1. The quantitative estimate of drug-likeness (QED) is 0.506. The van der Waals surface area contributed by atoms with E-state index in [2.05, 4.69) is 56.2 Å². The molecule has 3 heterocycles. The second-order valence-corrected chi connectivity index (χ2v) is 9.29. The fraction of sp³-hybridized carbons (Fsp3) is 0.462. The van der Waals surface area contributed by atoms with E-state index in [0.29, 0.717) is 28.8 Å². The van der Waals surface area contributed by atoms with Crippen LogP contribution in [0.3, 0.4) is 0 Å². The molecule has 1 saturated heterocycles. The number of imidazole rings is 1. The molecule has 1 aromatic carbocycles. The summed E-state index contributed by atoms with van der Waals surface area (Å²) >= 11 is 0. The van der Waals surface area contributed by atoms with Crippen LogP contribution in [0.25, 0.3) is 11.3 Å². The van der Waals surface area contributed by atoms with Crippen molar-refractivity contribution in [3.63, 3.8) is 0 Å². The Morgan fingerprint density at radius 3 is 2.66 bits per heavy atom. The standard InChI is InChI=1S/C26H33FN8/c1-17(2)30-9-12-35-15-23(20-5-6-22(27)18(3)13-20)33-25(35)19-7-10-34(11-8-19)26-21(14-28)24(29-4)31-16-32-26/h5-6,13,15-17,19,30H,7-12H2,1-4H3,(H,29,31,32). The van der Waals surface area contributed by atoms with Gasteiger partial charge in [-0.25, -0.2) is 19.3 Å². The van der Waals surface area contributed by atoms with Gasteiger partial charge in [-0.05, 0) is 43.5 Å². The largest absolute Gasteiger partial charge is 0.372 e. The van der Waals surface area contributed by atoms with E-state index in [-0.39, 0.29) is 11.7 Å². The van der Waals surface area contributed by atoms with Crippen LogP contribution in [0.5, 0.6) is 0 Å². The van der Waals surface area contributed by atoms with Crippen LogP contribution in [-0.4, -0.2) is 52.2 Å². The van der Waals surface area contributed by atoms with E-state index in [1.807, 2.05) is 6.07 Å². The molecule has 0 bridgehead atoms. The number of rotatable bonds is 8. The Balaban J connectivity index is 1.56. The molecule has 8 nitrogen and oxygen atoms in total. The fourth-order valence-corrected chi connectivity index (χ4v) is 4.61. The van der Waals surface area contributed by atoms with Gasteiger partial charge in [-0.15, -0.1) is 0 Å². The molecule has 1 fully saturated rings. The molecule has 184 valence electrons. The predicted molar refractivity (Wildman–Crippen MR) is 136 cm³/mol. The maximum atomic E-state index is 13.8. The number of hydrogen-bond donors (Lipinski definition) is 2. The lowest BCUT2D eigenvalue weighted by molar-refractivity contribution is 0.453. The van der Waals surface area contributed by atoms with Crippen LogP contribution in [0.4, 0.5) is 16.0 Å². The van der Waals surface area contributed by atoms with Gasteiger partial charge < -0.3 is 20.1 Å². The summed E-state index contributed by atoms with van der Waals surface area (Å²) in [5, 5.41) is 16.1. The molecule has 2 aromatic heterocycles. The van der Waals surface area contributed by atoms with E-state index >= 15 is 0 Å². The number of nitrogens with one attached hydrogen (secondary N) is 2. The van der Waals surface area contributed by atoms with E-state index < -0.39 is 0 Å². The molecular formula is C26H33FN8. The van der Waals surface area contributed by atoms with E-state index in [0.717, 1.165) is 56.1 Å². The lowest BCUT2D eigenvalue weighted by Crippen LogP contribution is -2.35. The van der Waals surface area contributed by atoms with Crippen LogP contribution in [-0.2, 0) is 6.54 Å². The van der Waals surface area contributed by atoms with Gasteiger partial charge in [-0.2, -0.15) is 5.26 Å². The number of nitriles is 1. The van der Waals surface area contributed by atoms with Gasteiger partial charge in [0.2, 0.25) is 0 Å². The van der Waals surface area contributed by atoms with Gasteiger partial charge in [0.05, 0.1) is 5.69 Å². The molecule has 0 atom stereocenters. The third-order valence-electron chi connectivity index (χ3n) is 6.50. The van der Waals surface area contributed by atoms with E-state index in [9.17, 15) is 9.65 Å². The molecule has 1 aliphatic rings. The van der Waals surface area contributed by atoms with Crippen molar-refractivity contribution in [2.45, 2.75) is 52.1 Å². The first-order chi connectivity index (χ1) is 16.9. The van der Waals surface area contributed by atoms with Gasteiger partial charge >= 0.3 is 0 Å². The first kappa shape index (κ1) is 24.6. The first-order valence-corrected chi connectivity index (χ1v) is 12.2. The summed E-state index contributed by atoms with van der Waals surface area (Å²) in [4.78, 5) is 15.8. The Morgan fingerprint density at radius 1 is 1.23 bits per heavy atom. The van der Waals surface area contributed by atoms with Crippen molar-refractivity contribution in [2.24, 2.45) is 0 Å². The highest BCUT2D eigenvalue weighted by atomic mass is 19.1. The molecule has 4 rings (SSSR count). The monoisotopic (exact) mass is 476 g/mol. The zero-order valence-electron chi connectivity index (χ0n) is 20.8. The lowest BCUT2D eigenvalue weighted by atomic mass is 9.95. The highest BCUT2D eigenvalue weighted by molar-refractivity contribution is 5.65. The Hall–Kier alpha value is -3.51. The fourth-order valence-electron chi connectivity index (χ4n) is 4.61. The second-order valence-electron chi connectivity index (χ2n) is 9.29. The summed E-state index contributed by atoms with van der Waals surface area (Å²) in [5.74, 6) is 2.37. The van der Waals surface area contributed by atoms with Crippen LogP contribution < -0.4 is 15.5 Å². The molecule has 9 heteroatoms. The maximum absolute atomic E-state index is 13.8. The SMILES string of the molecule is CNc1ncnc(N2CCC(c3nc(-c4ccc(F)c(C)c4)cn3CCNC(C)C)CC2)c1C#N. The minimum atomic E-state index is -0.204. The third-order valence-corrected chi connectivity index (χ3v) is 6.50. The van der Waals surface area contributed by atoms with Crippen LogP contribution in [0.1, 0.15) is 49.6 Å². The minimum absolute atomic E-state index is 0.204. The molecular weight excluding hydrogens is 443 g/mol. The molecule has 1 aliphatic heterocycles. The molecule has 0 radical (unpaired) electrons. The number of nitrogens with zero attached hydrogens (tertiary/aromatic N) is 6. The minimum Gasteiger partial charge on any atom is -0.372 e. The highest BCUT2D eigenvalue weighted by Gasteiger charge is 2.27. The maximum Gasteiger partial charge on any atom is 0.152 e. The second kappa shape index (κ2) is 10.8. The summed E-state index contributed by atoms with van der Waals surface area (Å²) in [5.41, 5.74) is 2.89. The van der Waals surface area contributed by atoms with E-state index in [4.69, 9.17) is 4.98 Å². The highest BCUT2D eigenvalue weighted by Crippen LogP contribution is 2.33.